The van der Waals surface area contributed by atoms with Crippen molar-refractivity contribution in [3.8, 4) is 5.75 Å². The Morgan fingerprint density at radius 3 is 2.28 bits per heavy atom. The first-order valence-electron chi connectivity index (χ1n) is 9.43. The summed E-state index contributed by atoms with van der Waals surface area (Å²) in [6.45, 7) is 3.78. The second kappa shape index (κ2) is 10.8. The van der Waals surface area contributed by atoms with Crippen LogP contribution in [0.25, 0.3) is 0 Å². The predicted octanol–water partition coefficient (Wildman–Crippen LogP) is 3.07. The highest BCUT2D eigenvalue weighted by molar-refractivity contribution is 5.93. The van der Waals surface area contributed by atoms with E-state index in [-0.39, 0.29) is 24.1 Å². The lowest BCUT2D eigenvalue weighted by atomic mass is 10.1. The minimum atomic E-state index is -0.197. The average Bonchev–Trinajstić information content (AvgIpc) is 2.67. The van der Waals surface area contributed by atoms with E-state index in [9.17, 15) is 14.4 Å². The largest absolute Gasteiger partial charge is 0.497 e. The molecule has 29 heavy (non-hydrogen) atoms. The molecule has 0 heterocycles. The second-order valence-electron chi connectivity index (χ2n) is 6.67. The van der Waals surface area contributed by atoms with Gasteiger partial charge >= 0.3 is 0 Å². The molecule has 3 amide bonds. The van der Waals surface area contributed by atoms with E-state index in [1.165, 1.54) is 13.8 Å². The maximum absolute atomic E-state index is 12.3. The molecule has 0 aliphatic rings. The Hall–Kier alpha value is -3.35. The Labute approximate surface area is 171 Å². The summed E-state index contributed by atoms with van der Waals surface area (Å²) in [5.74, 6) is 0.324. The number of nitrogens with one attached hydrogen (secondary N) is 2. The first-order valence-corrected chi connectivity index (χ1v) is 9.43. The third-order valence-corrected chi connectivity index (χ3v) is 4.33. The molecule has 2 aromatic rings. The highest BCUT2D eigenvalue weighted by atomic mass is 16.5. The number of anilines is 2. The monoisotopic (exact) mass is 397 g/mol. The van der Waals surface area contributed by atoms with Crippen molar-refractivity contribution in [1.82, 2.24) is 4.90 Å². The molecule has 0 spiro atoms. The molecule has 2 rings (SSSR count). The second-order valence-corrected chi connectivity index (χ2v) is 6.67. The van der Waals surface area contributed by atoms with Crippen molar-refractivity contribution in [3.63, 3.8) is 0 Å². The van der Waals surface area contributed by atoms with Gasteiger partial charge in [-0.25, -0.2) is 0 Å². The van der Waals surface area contributed by atoms with Gasteiger partial charge in [0.25, 0.3) is 0 Å². The van der Waals surface area contributed by atoms with E-state index in [0.29, 0.717) is 30.9 Å². The van der Waals surface area contributed by atoms with E-state index in [0.717, 1.165) is 11.3 Å². The quantitative estimate of drug-likeness (QED) is 0.681. The van der Waals surface area contributed by atoms with Crippen LogP contribution in [0.1, 0.15) is 25.8 Å². The molecule has 0 aliphatic heterocycles. The number of nitrogens with zero attached hydrogens (tertiary/aromatic N) is 1. The van der Waals surface area contributed by atoms with Gasteiger partial charge in [0.1, 0.15) is 5.75 Å². The van der Waals surface area contributed by atoms with E-state index in [2.05, 4.69) is 10.6 Å². The Morgan fingerprint density at radius 2 is 1.62 bits per heavy atom. The van der Waals surface area contributed by atoms with Crippen LogP contribution in [0.5, 0.6) is 5.75 Å². The van der Waals surface area contributed by atoms with Crippen LogP contribution in [0.3, 0.4) is 0 Å². The van der Waals surface area contributed by atoms with Crippen LogP contribution >= 0.6 is 0 Å². The minimum absolute atomic E-state index is 0.0756. The number of carbonyl (C=O) groups is 3. The maximum atomic E-state index is 12.3. The lowest BCUT2D eigenvalue weighted by molar-refractivity contribution is -0.129. The fourth-order valence-corrected chi connectivity index (χ4v) is 2.86. The van der Waals surface area contributed by atoms with Gasteiger partial charge in [-0.15, -0.1) is 0 Å². The Morgan fingerprint density at radius 1 is 0.931 bits per heavy atom. The molecule has 7 heteroatoms. The van der Waals surface area contributed by atoms with Crippen molar-refractivity contribution in [3.05, 3.63) is 54.1 Å². The smallest absolute Gasteiger partial charge is 0.226 e. The third-order valence-electron chi connectivity index (χ3n) is 4.33. The van der Waals surface area contributed by atoms with Gasteiger partial charge in [-0.2, -0.15) is 0 Å². The molecule has 0 bridgehead atoms. The summed E-state index contributed by atoms with van der Waals surface area (Å²) in [6, 6.07) is 14.6. The fraction of sp³-hybridized carbons (Fsp3) is 0.318. The van der Waals surface area contributed by atoms with Gasteiger partial charge in [-0.3, -0.25) is 14.4 Å². The summed E-state index contributed by atoms with van der Waals surface area (Å²) < 4.78 is 5.22. The summed E-state index contributed by atoms with van der Waals surface area (Å²) in [6.07, 6.45) is 0.860. The summed E-state index contributed by atoms with van der Waals surface area (Å²) in [4.78, 5) is 37.0. The zero-order valence-electron chi connectivity index (χ0n) is 17.0. The van der Waals surface area contributed by atoms with Gasteiger partial charge in [-0.1, -0.05) is 18.2 Å². The molecule has 0 fully saturated rings. The van der Waals surface area contributed by atoms with Gasteiger partial charge in [0.15, 0.2) is 0 Å². The van der Waals surface area contributed by atoms with Crippen LogP contribution in [0.4, 0.5) is 11.4 Å². The first-order chi connectivity index (χ1) is 13.9. The van der Waals surface area contributed by atoms with Crippen LogP contribution in [-0.4, -0.2) is 42.8 Å². The molecular weight excluding hydrogens is 370 g/mol. The van der Waals surface area contributed by atoms with Crippen molar-refractivity contribution in [2.24, 2.45) is 0 Å². The van der Waals surface area contributed by atoms with Crippen LogP contribution in [0.2, 0.25) is 0 Å². The van der Waals surface area contributed by atoms with Crippen LogP contribution in [0, 0.1) is 0 Å². The topological polar surface area (TPSA) is 87.7 Å². The number of carbonyl (C=O) groups excluding carboxylic acids is 3. The number of hydrogen-bond donors (Lipinski definition) is 2. The van der Waals surface area contributed by atoms with E-state index >= 15 is 0 Å². The third kappa shape index (κ3) is 7.65. The van der Waals surface area contributed by atoms with Gasteiger partial charge in [0.05, 0.1) is 7.11 Å². The predicted molar refractivity (Wildman–Crippen MR) is 113 cm³/mol. The van der Waals surface area contributed by atoms with E-state index in [1.807, 2.05) is 24.3 Å². The van der Waals surface area contributed by atoms with Crippen molar-refractivity contribution in [1.29, 1.82) is 0 Å². The van der Waals surface area contributed by atoms with E-state index in [4.69, 9.17) is 4.74 Å². The van der Waals surface area contributed by atoms with Crippen LogP contribution < -0.4 is 15.4 Å². The molecule has 0 saturated heterocycles. The molecule has 0 aromatic heterocycles. The molecular formula is C22H27N3O4. The highest BCUT2D eigenvalue weighted by Gasteiger charge is 2.12. The molecule has 0 radical (unpaired) electrons. The molecule has 2 N–H and O–H groups in total. The number of ether oxygens (including phenoxy) is 1. The lowest BCUT2D eigenvalue weighted by Gasteiger charge is -2.21. The molecule has 0 aliphatic carbocycles. The van der Waals surface area contributed by atoms with Gasteiger partial charge in [0.2, 0.25) is 17.7 Å². The zero-order chi connectivity index (χ0) is 21.2. The number of amides is 3. The number of rotatable bonds is 9. The summed E-state index contributed by atoms with van der Waals surface area (Å²) in [7, 11) is 1.62. The number of hydrogen-bond acceptors (Lipinski definition) is 4. The number of benzene rings is 2. The molecule has 154 valence electrons. The van der Waals surface area contributed by atoms with Crippen molar-refractivity contribution < 1.29 is 19.1 Å². The summed E-state index contributed by atoms with van der Waals surface area (Å²) in [5.41, 5.74) is 2.26. The SMILES string of the molecule is COc1cccc(CCN(CCC(=O)Nc2cccc(NC(C)=O)c2)C(C)=O)c1. The molecule has 7 nitrogen and oxygen atoms in total. The zero-order valence-corrected chi connectivity index (χ0v) is 17.0. The maximum Gasteiger partial charge on any atom is 0.226 e. The Balaban J connectivity index is 1.87. The van der Waals surface area contributed by atoms with E-state index in [1.54, 1.807) is 36.3 Å². The van der Waals surface area contributed by atoms with E-state index < -0.39 is 0 Å². The normalized spacial score (nSPS) is 10.2. The highest BCUT2D eigenvalue weighted by Crippen LogP contribution is 2.16. The lowest BCUT2D eigenvalue weighted by Crippen LogP contribution is -2.33. The van der Waals surface area contributed by atoms with Crippen molar-refractivity contribution >= 4 is 29.1 Å². The molecule has 2 aromatic carbocycles. The van der Waals surface area contributed by atoms with Crippen molar-refractivity contribution in [2.75, 3.05) is 30.8 Å². The van der Waals surface area contributed by atoms with Gasteiger partial charge in [-0.05, 0) is 42.3 Å². The Bertz CT molecular complexity index is 867. The minimum Gasteiger partial charge on any atom is -0.497 e. The van der Waals surface area contributed by atoms with Crippen molar-refractivity contribution in [2.45, 2.75) is 26.7 Å². The van der Waals surface area contributed by atoms with Crippen LogP contribution in [0.15, 0.2) is 48.5 Å². The summed E-state index contributed by atoms with van der Waals surface area (Å²) >= 11 is 0. The molecule has 0 saturated carbocycles. The number of methoxy groups -OCH3 is 1. The molecule has 0 unspecified atom stereocenters. The first kappa shape index (κ1) is 21.9. The van der Waals surface area contributed by atoms with Gasteiger partial charge < -0.3 is 20.3 Å². The Kier molecular flexibility index (Phi) is 8.21. The van der Waals surface area contributed by atoms with Crippen LogP contribution in [-0.2, 0) is 20.8 Å². The average molecular weight is 397 g/mol. The summed E-state index contributed by atoms with van der Waals surface area (Å²) in [5, 5.41) is 5.47. The molecule has 0 atom stereocenters. The standard InChI is InChI=1S/C22H27N3O4/c1-16(26)23-19-7-5-8-20(15-19)24-22(28)11-13-25(17(2)27)12-10-18-6-4-9-21(14-18)29-3/h4-9,14-15H,10-13H2,1-3H3,(H,23,26)(H,24,28). The van der Waals surface area contributed by atoms with Gasteiger partial charge in [0, 0.05) is 44.7 Å². The fourth-order valence-electron chi connectivity index (χ4n) is 2.86.